The highest BCUT2D eigenvalue weighted by atomic mass is 35.5. The van der Waals surface area contributed by atoms with Crippen LogP contribution < -0.4 is 5.32 Å². The molecule has 0 spiro atoms. The van der Waals surface area contributed by atoms with E-state index < -0.39 is 35.6 Å². The SMILES string of the molecule is CCC1=C(N2CCN(C(=O)c3ncnc(C)c3O)CC2)C(=O)N2C(=NC(c3ccc4nonc4c3)N2C)N1CC(=O)Nc1ccc(C(F)(F)F)cc1Cl. The Bertz CT molecular complexity index is 2200. The Morgan fingerprint density at radius 2 is 1.79 bits per heavy atom. The van der Waals surface area contributed by atoms with E-state index in [9.17, 15) is 32.7 Å². The largest absolute Gasteiger partial charge is 0.504 e. The molecule has 276 valence electrons. The molecule has 5 heterocycles. The number of hydrazine groups is 1. The Balaban J connectivity index is 1.20. The number of piperazine rings is 1. The van der Waals surface area contributed by atoms with Crippen molar-refractivity contribution in [2.24, 2.45) is 4.99 Å². The Labute approximate surface area is 304 Å². The lowest BCUT2D eigenvalue weighted by Gasteiger charge is -2.44. The number of aryl methyl sites for hydroxylation is 1. The van der Waals surface area contributed by atoms with E-state index in [1.807, 2.05) is 11.8 Å². The van der Waals surface area contributed by atoms with Crippen molar-refractivity contribution in [3.05, 3.63) is 81.7 Å². The molecule has 3 amide bonds. The summed E-state index contributed by atoms with van der Waals surface area (Å²) in [6, 6.07) is 7.83. The number of hydrogen-bond donors (Lipinski definition) is 2. The summed E-state index contributed by atoms with van der Waals surface area (Å²) in [7, 11) is 1.67. The van der Waals surface area contributed by atoms with Crippen LogP contribution in [0.25, 0.3) is 11.0 Å². The molecule has 0 saturated carbocycles. The number of allylic oxidation sites excluding steroid dienone is 1. The van der Waals surface area contributed by atoms with E-state index in [2.05, 4.69) is 25.6 Å². The second-order valence-corrected chi connectivity index (χ2v) is 12.8. The summed E-state index contributed by atoms with van der Waals surface area (Å²) in [5.41, 5.74) is 1.55. The molecule has 3 aliphatic heterocycles. The molecular weight excluding hydrogens is 723 g/mol. The molecule has 2 aromatic heterocycles. The van der Waals surface area contributed by atoms with E-state index in [4.69, 9.17) is 21.2 Å². The minimum Gasteiger partial charge on any atom is -0.504 e. The number of amides is 3. The number of nitrogens with one attached hydrogen (secondary N) is 1. The fraction of sp³-hybridized carbons (Fsp3) is 0.333. The molecule has 53 heavy (non-hydrogen) atoms. The normalized spacial score (nSPS) is 18.2. The predicted octanol–water partition coefficient (Wildman–Crippen LogP) is 3.78. The Morgan fingerprint density at radius 1 is 1.06 bits per heavy atom. The number of fused-ring (bicyclic) bond motifs is 2. The van der Waals surface area contributed by atoms with E-state index >= 15 is 0 Å². The third kappa shape index (κ3) is 6.45. The number of carbonyl (C=O) groups excluding carboxylic acids is 3. The van der Waals surface area contributed by atoms with Gasteiger partial charge < -0.3 is 25.1 Å². The average molecular weight is 754 g/mol. The Morgan fingerprint density at radius 3 is 2.49 bits per heavy atom. The second kappa shape index (κ2) is 13.6. The minimum atomic E-state index is -4.62. The molecule has 4 aromatic rings. The zero-order chi connectivity index (χ0) is 37.8. The number of aliphatic imine (C=N–C) groups is 1. The van der Waals surface area contributed by atoms with Crippen molar-refractivity contribution in [2.45, 2.75) is 32.6 Å². The Hall–Kier alpha value is -5.82. The topological polar surface area (TPSA) is 177 Å². The lowest BCUT2D eigenvalue weighted by atomic mass is 10.1. The van der Waals surface area contributed by atoms with Gasteiger partial charge in [-0.2, -0.15) is 18.2 Å². The lowest BCUT2D eigenvalue weighted by Crippen LogP contribution is -2.59. The van der Waals surface area contributed by atoms with Gasteiger partial charge in [0.25, 0.3) is 11.8 Å². The highest BCUT2D eigenvalue weighted by molar-refractivity contribution is 6.33. The first-order valence-corrected chi connectivity index (χ1v) is 16.7. The van der Waals surface area contributed by atoms with E-state index in [0.29, 0.717) is 22.3 Å². The molecule has 3 aliphatic rings. The summed E-state index contributed by atoms with van der Waals surface area (Å²) >= 11 is 6.15. The Kier molecular flexibility index (Phi) is 9.15. The summed E-state index contributed by atoms with van der Waals surface area (Å²) in [4.78, 5) is 59.2. The predicted molar refractivity (Wildman–Crippen MR) is 182 cm³/mol. The smallest absolute Gasteiger partial charge is 0.416 e. The van der Waals surface area contributed by atoms with Gasteiger partial charge in [-0.15, -0.1) is 0 Å². The van der Waals surface area contributed by atoms with Gasteiger partial charge in [0.1, 0.15) is 35.8 Å². The van der Waals surface area contributed by atoms with Crippen molar-refractivity contribution < 1.29 is 37.3 Å². The summed E-state index contributed by atoms with van der Waals surface area (Å²) < 4.78 is 44.6. The van der Waals surface area contributed by atoms with Crippen LogP contribution in [0.1, 0.15) is 46.8 Å². The fourth-order valence-electron chi connectivity index (χ4n) is 6.51. The quantitative estimate of drug-likeness (QED) is 0.280. The highest BCUT2D eigenvalue weighted by Gasteiger charge is 2.48. The van der Waals surface area contributed by atoms with Gasteiger partial charge in [-0.3, -0.25) is 14.4 Å². The molecule has 1 fully saturated rings. The van der Waals surface area contributed by atoms with Crippen LogP contribution in [-0.2, 0) is 15.8 Å². The van der Waals surface area contributed by atoms with E-state index in [1.54, 1.807) is 42.1 Å². The molecule has 20 heteroatoms. The number of rotatable bonds is 7. The maximum absolute atomic E-state index is 14.5. The molecule has 1 unspecified atom stereocenters. The fourth-order valence-corrected chi connectivity index (χ4v) is 6.74. The van der Waals surface area contributed by atoms with Crippen LogP contribution in [0.3, 0.4) is 0 Å². The molecule has 1 atom stereocenters. The summed E-state index contributed by atoms with van der Waals surface area (Å²) in [5, 5.41) is 23.4. The molecular formula is C33H31ClF3N11O5. The summed E-state index contributed by atoms with van der Waals surface area (Å²) in [5.74, 6) is -1.68. The van der Waals surface area contributed by atoms with Crippen LogP contribution in [0.15, 0.2) is 63.7 Å². The van der Waals surface area contributed by atoms with Crippen LogP contribution in [0.4, 0.5) is 18.9 Å². The zero-order valence-corrected chi connectivity index (χ0v) is 29.2. The number of anilines is 1. The number of halogens is 4. The van der Waals surface area contributed by atoms with Crippen molar-refractivity contribution in [1.29, 1.82) is 0 Å². The van der Waals surface area contributed by atoms with Gasteiger partial charge in [-0.05, 0) is 59.6 Å². The van der Waals surface area contributed by atoms with Gasteiger partial charge in [0, 0.05) is 33.2 Å². The molecule has 2 aromatic carbocycles. The van der Waals surface area contributed by atoms with Crippen molar-refractivity contribution >= 4 is 52.0 Å². The van der Waals surface area contributed by atoms with Gasteiger partial charge in [0.15, 0.2) is 11.4 Å². The van der Waals surface area contributed by atoms with Crippen LogP contribution >= 0.6 is 11.6 Å². The highest BCUT2D eigenvalue weighted by Crippen LogP contribution is 2.38. The molecule has 7 rings (SSSR count). The van der Waals surface area contributed by atoms with Gasteiger partial charge in [0.2, 0.25) is 11.9 Å². The van der Waals surface area contributed by atoms with Crippen molar-refractivity contribution in [1.82, 2.24) is 45.0 Å². The number of nitrogens with zero attached hydrogens (tertiary/aromatic N) is 10. The summed E-state index contributed by atoms with van der Waals surface area (Å²) in [6.07, 6.45) is -3.88. The van der Waals surface area contributed by atoms with E-state index in [1.165, 1.54) is 16.2 Å². The van der Waals surface area contributed by atoms with Gasteiger partial charge in [-0.25, -0.2) is 24.6 Å². The van der Waals surface area contributed by atoms with Gasteiger partial charge in [-0.1, -0.05) is 24.6 Å². The van der Waals surface area contributed by atoms with E-state index in [-0.39, 0.29) is 78.6 Å². The number of hydrogen-bond acceptors (Lipinski definition) is 13. The molecule has 0 aliphatic carbocycles. The molecule has 1 saturated heterocycles. The van der Waals surface area contributed by atoms with Crippen molar-refractivity contribution in [3.63, 3.8) is 0 Å². The molecule has 16 nitrogen and oxygen atoms in total. The standard InChI is InChI=1S/C33H31ClF3N11O5/c1-4-24-27(45-9-11-46(12-10-45)30(51)26-28(50)17(2)38-16-39-26)31(52)48-32(41-29(44(48)3)18-5-7-22-23(13-18)43-53-42-22)47(24)15-25(49)40-21-8-6-19(14-20(21)34)33(35,36)37/h5-8,13-14,16,29,50H,4,9-12,15H2,1-3H3,(H,40,49). The van der Waals surface area contributed by atoms with Crippen LogP contribution in [0, 0.1) is 6.92 Å². The first-order chi connectivity index (χ1) is 25.3. The maximum Gasteiger partial charge on any atom is 0.416 e. The molecule has 2 N–H and O–H groups in total. The van der Waals surface area contributed by atoms with Gasteiger partial charge >= 0.3 is 6.18 Å². The van der Waals surface area contributed by atoms with Crippen molar-refractivity contribution in [3.8, 4) is 5.75 Å². The third-order valence-corrected chi connectivity index (χ3v) is 9.52. The number of aromatic hydroxyl groups is 1. The van der Waals surface area contributed by atoms with Crippen LogP contribution in [-0.4, -0.2) is 114 Å². The van der Waals surface area contributed by atoms with Crippen LogP contribution in [0.5, 0.6) is 5.75 Å². The lowest BCUT2D eigenvalue weighted by molar-refractivity contribution is -0.139. The first-order valence-electron chi connectivity index (χ1n) is 16.4. The van der Waals surface area contributed by atoms with Crippen LogP contribution in [0.2, 0.25) is 5.02 Å². The number of alkyl halides is 3. The molecule has 0 radical (unpaired) electrons. The third-order valence-electron chi connectivity index (χ3n) is 9.21. The second-order valence-electron chi connectivity index (χ2n) is 12.4. The average Bonchev–Trinajstić information content (AvgIpc) is 3.74. The number of guanidine groups is 1. The number of carbonyl (C=O) groups is 3. The minimum absolute atomic E-state index is 0.0274. The number of aromatic nitrogens is 4. The van der Waals surface area contributed by atoms with Crippen molar-refractivity contribution in [2.75, 3.05) is 45.1 Å². The van der Waals surface area contributed by atoms with E-state index in [0.717, 1.165) is 18.2 Å². The zero-order valence-electron chi connectivity index (χ0n) is 28.4. The first kappa shape index (κ1) is 35.6. The number of benzene rings is 2. The van der Waals surface area contributed by atoms with Gasteiger partial charge in [0.05, 0.1) is 27.7 Å². The summed E-state index contributed by atoms with van der Waals surface area (Å²) in [6.45, 7) is 3.82. The monoisotopic (exact) mass is 753 g/mol. The molecule has 0 bridgehead atoms. The maximum atomic E-state index is 14.5.